The van der Waals surface area contributed by atoms with Crippen LogP contribution in [-0.4, -0.2) is 72.0 Å². The Morgan fingerprint density at radius 2 is 1.97 bits per heavy atom. The highest BCUT2D eigenvalue weighted by molar-refractivity contribution is 6.30. The molecule has 2 aliphatic heterocycles. The predicted octanol–water partition coefficient (Wildman–Crippen LogP) is 2.58. The summed E-state index contributed by atoms with van der Waals surface area (Å²) in [7, 11) is 0. The molecule has 2 aliphatic rings. The second kappa shape index (κ2) is 9.71. The van der Waals surface area contributed by atoms with E-state index < -0.39 is 0 Å². The van der Waals surface area contributed by atoms with Crippen LogP contribution in [0.2, 0.25) is 5.02 Å². The van der Waals surface area contributed by atoms with E-state index in [0.717, 1.165) is 68.9 Å². The molecule has 29 heavy (non-hydrogen) atoms. The molecule has 3 heterocycles. The number of hydrogen-bond donors (Lipinski definition) is 2. The third-order valence-corrected chi connectivity index (χ3v) is 6.00. The number of halogens is 1. The standard InChI is InChI=1S/C21H28ClN5O2/c22-17-5-3-16(4-6-17)19(26-8-10-29-11-9-26)13-23-20-12-21(25-15-24-20)27-7-1-2-18(27)14-28/h3-6,12,15,18-19,28H,1-2,7-11,13-14H2,(H,23,24,25). The summed E-state index contributed by atoms with van der Waals surface area (Å²) >= 11 is 6.09. The number of aliphatic hydroxyl groups is 1. The molecule has 7 nitrogen and oxygen atoms in total. The molecule has 2 N–H and O–H groups in total. The highest BCUT2D eigenvalue weighted by atomic mass is 35.5. The van der Waals surface area contributed by atoms with Crippen LogP contribution in [0.15, 0.2) is 36.7 Å². The van der Waals surface area contributed by atoms with Crippen LogP contribution in [0.1, 0.15) is 24.4 Å². The Labute approximate surface area is 176 Å². The number of rotatable bonds is 7. The molecular weight excluding hydrogens is 390 g/mol. The fourth-order valence-corrected chi connectivity index (χ4v) is 4.29. The van der Waals surface area contributed by atoms with E-state index in [0.29, 0.717) is 0 Å². The quantitative estimate of drug-likeness (QED) is 0.717. The summed E-state index contributed by atoms with van der Waals surface area (Å²) in [5.41, 5.74) is 1.22. The van der Waals surface area contributed by atoms with Gasteiger partial charge in [0, 0.05) is 37.3 Å². The monoisotopic (exact) mass is 417 g/mol. The summed E-state index contributed by atoms with van der Waals surface area (Å²) in [5, 5.41) is 13.8. The zero-order chi connectivity index (χ0) is 20.1. The molecule has 2 unspecified atom stereocenters. The van der Waals surface area contributed by atoms with E-state index >= 15 is 0 Å². The second-order valence-corrected chi connectivity index (χ2v) is 7.97. The van der Waals surface area contributed by atoms with Crippen molar-refractivity contribution in [3.63, 3.8) is 0 Å². The van der Waals surface area contributed by atoms with Crippen molar-refractivity contribution < 1.29 is 9.84 Å². The largest absolute Gasteiger partial charge is 0.394 e. The van der Waals surface area contributed by atoms with E-state index in [1.165, 1.54) is 5.56 Å². The van der Waals surface area contributed by atoms with Crippen LogP contribution in [0.4, 0.5) is 11.6 Å². The number of ether oxygens (including phenoxy) is 1. The van der Waals surface area contributed by atoms with Crippen molar-refractivity contribution in [2.75, 3.05) is 56.2 Å². The van der Waals surface area contributed by atoms with Crippen LogP contribution >= 0.6 is 11.6 Å². The predicted molar refractivity (Wildman–Crippen MR) is 115 cm³/mol. The fourth-order valence-electron chi connectivity index (χ4n) is 4.16. The van der Waals surface area contributed by atoms with E-state index in [9.17, 15) is 5.11 Å². The van der Waals surface area contributed by atoms with E-state index in [1.807, 2.05) is 18.2 Å². The average Bonchev–Trinajstić information content (AvgIpc) is 3.25. The van der Waals surface area contributed by atoms with Gasteiger partial charge < -0.3 is 20.1 Å². The summed E-state index contributed by atoms with van der Waals surface area (Å²) < 4.78 is 5.53. The first-order chi connectivity index (χ1) is 14.2. The summed E-state index contributed by atoms with van der Waals surface area (Å²) in [4.78, 5) is 13.4. The number of aliphatic hydroxyl groups excluding tert-OH is 1. The van der Waals surface area contributed by atoms with Gasteiger partial charge >= 0.3 is 0 Å². The molecule has 1 aromatic heterocycles. The van der Waals surface area contributed by atoms with Crippen LogP contribution in [0, 0.1) is 0 Å². The molecule has 156 valence electrons. The Bertz CT molecular complexity index is 785. The van der Waals surface area contributed by atoms with Crippen LogP contribution in [-0.2, 0) is 4.74 Å². The summed E-state index contributed by atoms with van der Waals surface area (Å²) in [5.74, 6) is 1.67. The van der Waals surface area contributed by atoms with Gasteiger partial charge in [-0.3, -0.25) is 4.90 Å². The van der Waals surface area contributed by atoms with Gasteiger partial charge in [-0.25, -0.2) is 9.97 Å². The van der Waals surface area contributed by atoms with Gasteiger partial charge in [0.1, 0.15) is 18.0 Å². The van der Waals surface area contributed by atoms with E-state index in [-0.39, 0.29) is 18.7 Å². The van der Waals surface area contributed by atoms with Gasteiger partial charge in [-0.05, 0) is 30.5 Å². The van der Waals surface area contributed by atoms with Crippen molar-refractivity contribution in [2.24, 2.45) is 0 Å². The number of anilines is 2. The van der Waals surface area contributed by atoms with Gasteiger partial charge in [0.2, 0.25) is 0 Å². The second-order valence-electron chi connectivity index (χ2n) is 7.53. The SMILES string of the molecule is OCC1CCCN1c1cc(NCC(c2ccc(Cl)cc2)N2CCOCC2)ncn1. The van der Waals surface area contributed by atoms with Crippen molar-refractivity contribution in [1.29, 1.82) is 0 Å². The Morgan fingerprint density at radius 1 is 1.17 bits per heavy atom. The first kappa shape index (κ1) is 20.3. The molecule has 0 saturated carbocycles. The molecule has 0 spiro atoms. The number of morpholine rings is 1. The minimum absolute atomic E-state index is 0.146. The van der Waals surface area contributed by atoms with Crippen LogP contribution in [0.25, 0.3) is 0 Å². The normalized spacial score (nSPS) is 21.3. The lowest BCUT2D eigenvalue weighted by Gasteiger charge is -2.35. The number of aromatic nitrogens is 2. The van der Waals surface area contributed by atoms with E-state index in [2.05, 4.69) is 37.2 Å². The van der Waals surface area contributed by atoms with Crippen molar-refractivity contribution in [1.82, 2.24) is 14.9 Å². The van der Waals surface area contributed by atoms with Gasteiger partial charge in [-0.2, -0.15) is 0 Å². The molecule has 0 aliphatic carbocycles. The molecule has 0 radical (unpaired) electrons. The number of nitrogens with zero attached hydrogens (tertiary/aromatic N) is 4. The van der Waals surface area contributed by atoms with Gasteiger partial charge in [-0.15, -0.1) is 0 Å². The van der Waals surface area contributed by atoms with Crippen molar-refractivity contribution >= 4 is 23.2 Å². The maximum absolute atomic E-state index is 9.61. The molecule has 0 bridgehead atoms. The van der Waals surface area contributed by atoms with Crippen molar-refractivity contribution in [2.45, 2.75) is 24.9 Å². The minimum Gasteiger partial charge on any atom is -0.394 e. The Kier molecular flexibility index (Phi) is 6.82. The number of benzene rings is 1. The first-order valence-electron chi connectivity index (χ1n) is 10.3. The summed E-state index contributed by atoms with van der Waals surface area (Å²) in [6.07, 6.45) is 3.67. The zero-order valence-electron chi connectivity index (χ0n) is 16.5. The number of nitrogens with one attached hydrogen (secondary N) is 1. The highest BCUT2D eigenvalue weighted by Crippen LogP contribution is 2.26. The summed E-state index contributed by atoms with van der Waals surface area (Å²) in [6.45, 7) is 5.09. The zero-order valence-corrected chi connectivity index (χ0v) is 17.3. The fraction of sp³-hybridized carbons (Fsp3) is 0.524. The first-order valence-corrected chi connectivity index (χ1v) is 10.6. The number of hydrogen-bond acceptors (Lipinski definition) is 7. The van der Waals surface area contributed by atoms with Crippen molar-refractivity contribution in [3.05, 3.63) is 47.2 Å². The lowest BCUT2D eigenvalue weighted by molar-refractivity contribution is 0.0187. The van der Waals surface area contributed by atoms with Gasteiger partial charge in [0.05, 0.1) is 31.9 Å². The Balaban J connectivity index is 1.48. The van der Waals surface area contributed by atoms with Gasteiger partial charge in [0.15, 0.2) is 0 Å². The maximum Gasteiger partial charge on any atom is 0.134 e. The third kappa shape index (κ3) is 4.98. The Morgan fingerprint density at radius 3 is 2.72 bits per heavy atom. The van der Waals surface area contributed by atoms with Crippen LogP contribution in [0.3, 0.4) is 0 Å². The van der Waals surface area contributed by atoms with Gasteiger partial charge in [0.25, 0.3) is 0 Å². The van der Waals surface area contributed by atoms with E-state index in [4.69, 9.17) is 16.3 Å². The smallest absolute Gasteiger partial charge is 0.134 e. The molecule has 0 amide bonds. The molecule has 8 heteroatoms. The molecule has 2 fully saturated rings. The molecule has 4 rings (SSSR count). The minimum atomic E-state index is 0.146. The molecular formula is C21H28ClN5O2. The topological polar surface area (TPSA) is 73.8 Å². The Hall–Kier alpha value is -1.93. The molecule has 1 aromatic carbocycles. The lowest BCUT2D eigenvalue weighted by atomic mass is 10.0. The molecule has 2 saturated heterocycles. The molecule has 2 atom stereocenters. The van der Waals surface area contributed by atoms with Gasteiger partial charge in [-0.1, -0.05) is 23.7 Å². The van der Waals surface area contributed by atoms with E-state index in [1.54, 1.807) is 6.33 Å². The third-order valence-electron chi connectivity index (χ3n) is 5.75. The highest BCUT2D eigenvalue weighted by Gasteiger charge is 2.26. The molecule has 2 aromatic rings. The average molecular weight is 418 g/mol. The van der Waals surface area contributed by atoms with Crippen LogP contribution in [0.5, 0.6) is 0 Å². The maximum atomic E-state index is 9.61. The summed E-state index contributed by atoms with van der Waals surface area (Å²) in [6, 6.07) is 10.4. The lowest BCUT2D eigenvalue weighted by Crippen LogP contribution is -2.41. The van der Waals surface area contributed by atoms with Crippen molar-refractivity contribution in [3.8, 4) is 0 Å². The van der Waals surface area contributed by atoms with Crippen LogP contribution < -0.4 is 10.2 Å².